The largest absolute Gasteiger partial charge is 0.395 e. The van der Waals surface area contributed by atoms with Crippen molar-refractivity contribution in [2.75, 3.05) is 6.61 Å². The molecule has 120 valence electrons. The second-order valence-corrected chi connectivity index (χ2v) is 6.41. The molecule has 0 aromatic carbocycles. The summed E-state index contributed by atoms with van der Waals surface area (Å²) in [5.74, 6) is -1.25. The van der Waals surface area contributed by atoms with Crippen molar-refractivity contribution in [3.8, 4) is 0 Å². The third-order valence-electron chi connectivity index (χ3n) is 5.35. The maximum atomic E-state index is 13.0. The Morgan fingerprint density at radius 3 is 2.64 bits per heavy atom. The summed E-state index contributed by atoms with van der Waals surface area (Å²) in [7, 11) is 0. The van der Waals surface area contributed by atoms with Crippen molar-refractivity contribution in [1.82, 2.24) is 4.98 Å². The first-order chi connectivity index (χ1) is 10.5. The van der Waals surface area contributed by atoms with Gasteiger partial charge in [0.1, 0.15) is 0 Å². The third-order valence-corrected chi connectivity index (χ3v) is 5.35. The Bertz CT molecular complexity index is 551. The van der Waals surface area contributed by atoms with Crippen molar-refractivity contribution in [1.29, 1.82) is 0 Å². The SMILES string of the molecule is OCC1(C2=CCCC(C(F)(F)F)C2)CCC1c1ccccn1. The van der Waals surface area contributed by atoms with Crippen LogP contribution in [0.15, 0.2) is 36.0 Å². The molecule has 1 aromatic rings. The van der Waals surface area contributed by atoms with Crippen molar-refractivity contribution in [2.45, 2.75) is 44.2 Å². The number of rotatable bonds is 3. The van der Waals surface area contributed by atoms with Crippen molar-refractivity contribution >= 4 is 0 Å². The fraction of sp³-hybridized carbons (Fsp3) is 0.588. The molecule has 22 heavy (non-hydrogen) atoms. The molecule has 0 aliphatic heterocycles. The van der Waals surface area contributed by atoms with E-state index in [4.69, 9.17) is 0 Å². The van der Waals surface area contributed by atoms with E-state index in [1.54, 1.807) is 6.20 Å². The van der Waals surface area contributed by atoms with Gasteiger partial charge in [0.05, 0.1) is 12.5 Å². The molecule has 2 aliphatic rings. The number of hydrogen-bond donors (Lipinski definition) is 1. The molecule has 2 aliphatic carbocycles. The molecule has 1 fully saturated rings. The average molecular weight is 311 g/mol. The highest BCUT2D eigenvalue weighted by molar-refractivity contribution is 5.31. The number of alkyl halides is 3. The fourth-order valence-corrected chi connectivity index (χ4v) is 3.92. The molecule has 3 rings (SSSR count). The minimum absolute atomic E-state index is 0.0212. The number of aliphatic hydroxyl groups excluding tert-OH is 1. The zero-order valence-corrected chi connectivity index (χ0v) is 12.3. The number of hydrogen-bond acceptors (Lipinski definition) is 2. The van der Waals surface area contributed by atoms with Crippen LogP contribution in [0.1, 0.15) is 43.7 Å². The van der Waals surface area contributed by atoms with Crippen LogP contribution in [0.3, 0.4) is 0 Å². The Hall–Kier alpha value is -1.36. The Morgan fingerprint density at radius 2 is 2.09 bits per heavy atom. The molecular formula is C17H20F3NO. The Balaban J connectivity index is 1.86. The van der Waals surface area contributed by atoms with Crippen LogP contribution in [-0.4, -0.2) is 22.9 Å². The normalized spacial score (nSPS) is 32.3. The Kier molecular flexibility index (Phi) is 4.02. The predicted molar refractivity (Wildman–Crippen MR) is 77.2 cm³/mol. The van der Waals surface area contributed by atoms with Gasteiger partial charge in [-0.2, -0.15) is 13.2 Å². The van der Waals surface area contributed by atoms with Crippen LogP contribution in [0.5, 0.6) is 0 Å². The van der Waals surface area contributed by atoms with E-state index in [0.29, 0.717) is 6.42 Å². The van der Waals surface area contributed by atoms with Crippen LogP contribution in [0.2, 0.25) is 0 Å². The maximum absolute atomic E-state index is 13.0. The maximum Gasteiger partial charge on any atom is 0.392 e. The summed E-state index contributed by atoms with van der Waals surface area (Å²) in [5, 5.41) is 9.96. The monoisotopic (exact) mass is 311 g/mol. The Morgan fingerprint density at radius 1 is 1.27 bits per heavy atom. The van der Waals surface area contributed by atoms with E-state index in [1.165, 1.54) is 0 Å². The van der Waals surface area contributed by atoms with E-state index in [1.807, 2.05) is 24.3 Å². The molecule has 1 heterocycles. The van der Waals surface area contributed by atoms with E-state index in [9.17, 15) is 18.3 Å². The molecule has 0 amide bonds. The summed E-state index contributed by atoms with van der Waals surface area (Å²) in [5.41, 5.74) is 1.11. The molecule has 2 nitrogen and oxygen atoms in total. The lowest BCUT2D eigenvalue weighted by molar-refractivity contribution is -0.178. The van der Waals surface area contributed by atoms with Crippen LogP contribution in [0.4, 0.5) is 13.2 Å². The van der Waals surface area contributed by atoms with Crippen molar-refractivity contribution in [3.05, 3.63) is 41.7 Å². The first kappa shape index (κ1) is 15.5. The van der Waals surface area contributed by atoms with E-state index in [0.717, 1.165) is 24.1 Å². The van der Waals surface area contributed by atoms with Gasteiger partial charge in [-0.05, 0) is 44.2 Å². The van der Waals surface area contributed by atoms with Gasteiger partial charge in [0.2, 0.25) is 0 Å². The van der Waals surface area contributed by atoms with E-state index < -0.39 is 17.5 Å². The summed E-state index contributed by atoms with van der Waals surface area (Å²) in [6.45, 7) is -0.106. The smallest absolute Gasteiger partial charge is 0.392 e. The topological polar surface area (TPSA) is 33.1 Å². The average Bonchev–Trinajstić information content (AvgIpc) is 2.48. The number of nitrogens with zero attached hydrogens (tertiary/aromatic N) is 1. The molecule has 0 radical (unpaired) electrons. The summed E-state index contributed by atoms with van der Waals surface area (Å²) in [6, 6.07) is 5.61. The van der Waals surface area contributed by atoms with Crippen molar-refractivity contribution in [3.63, 3.8) is 0 Å². The lowest BCUT2D eigenvalue weighted by atomic mass is 9.53. The van der Waals surface area contributed by atoms with Crippen LogP contribution < -0.4 is 0 Å². The molecule has 0 bridgehead atoms. The second-order valence-electron chi connectivity index (χ2n) is 6.41. The van der Waals surface area contributed by atoms with E-state index in [2.05, 4.69) is 4.98 Å². The highest BCUT2D eigenvalue weighted by Gasteiger charge is 2.52. The number of halogens is 3. The first-order valence-electron chi connectivity index (χ1n) is 7.75. The number of pyridine rings is 1. The Labute approximate surface area is 128 Å². The van der Waals surface area contributed by atoms with Gasteiger partial charge in [0.25, 0.3) is 0 Å². The van der Waals surface area contributed by atoms with Gasteiger partial charge in [-0.1, -0.05) is 17.7 Å². The van der Waals surface area contributed by atoms with Crippen LogP contribution in [0, 0.1) is 11.3 Å². The highest BCUT2D eigenvalue weighted by Crippen LogP contribution is 2.59. The van der Waals surface area contributed by atoms with Gasteiger partial charge >= 0.3 is 6.18 Å². The van der Waals surface area contributed by atoms with Gasteiger partial charge in [-0.15, -0.1) is 0 Å². The molecule has 0 saturated heterocycles. The van der Waals surface area contributed by atoms with Gasteiger partial charge < -0.3 is 5.11 Å². The predicted octanol–water partition coefficient (Wildman–Crippen LogP) is 4.23. The van der Waals surface area contributed by atoms with Gasteiger partial charge in [0, 0.05) is 23.2 Å². The number of allylic oxidation sites excluding steroid dienone is 1. The summed E-state index contributed by atoms with van der Waals surface area (Å²) in [4.78, 5) is 4.35. The van der Waals surface area contributed by atoms with Gasteiger partial charge in [-0.3, -0.25) is 4.98 Å². The summed E-state index contributed by atoms with van der Waals surface area (Å²) >= 11 is 0. The summed E-state index contributed by atoms with van der Waals surface area (Å²) in [6.07, 6.45) is 1.69. The lowest BCUT2D eigenvalue weighted by Crippen LogP contribution is -2.45. The quantitative estimate of drug-likeness (QED) is 0.848. The van der Waals surface area contributed by atoms with Crippen LogP contribution in [0.25, 0.3) is 0 Å². The molecule has 0 spiro atoms. The summed E-state index contributed by atoms with van der Waals surface area (Å²) < 4.78 is 39.1. The molecule has 1 saturated carbocycles. The zero-order chi connectivity index (χ0) is 15.8. The molecule has 3 unspecified atom stereocenters. The standard InChI is InChI=1S/C17H20F3NO/c18-17(19,20)13-5-3-4-12(10-13)16(11-22)8-7-14(16)15-6-1-2-9-21-15/h1-2,4,6,9,13-14,22H,3,5,7-8,10-11H2. The zero-order valence-electron chi connectivity index (χ0n) is 12.3. The highest BCUT2D eigenvalue weighted by atomic mass is 19.4. The van der Waals surface area contributed by atoms with Crippen LogP contribution >= 0.6 is 0 Å². The molecule has 1 aromatic heterocycles. The minimum Gasteiger partial charge on any atom is -0.395 e. The lowest BCUT2D eigenvalue weighted by Gasteiger charge is -2.51. The molecule has 1 N–H and O–H groups in total. The number of aromatic nitrogens is 1. The molecular weight excluding hydrogens is 291 g/mol. The van der Waals surface area contributed by atoms with Crippen molar-refractivity contribution < 1.29 is 18.3 Å². The number of aliphatic hydroxyl groups is 1. The van der Waals surface area contributed by atoms with E-state index in [-0.39, 0.29) is 25.4 Å². The van der Waals surface area contributed by atoms with E-state index >= 15 is 0 Å². The fourth-order valence-electron chi connectivity index (χ4n) is 3.92. The van der Waals surface area contributed by atoms with Gasteiger partial charge in [-0.25, -0.2) is 0 Å². The van der Waals surface area contributed by atoms with Crippen LogP contribution in [-0.2, 0) is 0 Å². The van der Waals surface area contributed by atoms with Gasteiger partial charge in [0.15, 0.2) is 0 Å². The molecule has 3 atom stereocenters. The third kappa shape index (κ3) is 2.56. The second kappa shape index (κ2) is 5.69. The molecule has 5 heteroatoms. The first-order valence-corrected chi connectivity index (χ1v) is 7.75. The minimum atomic E-state index is -4.15. The van der Waals surface area contributed by atoms with Crippen molar-refractivity contribution in [2.24, 2.45) is 11.3 Å².